The Morgan fingerprint density at radius 3 is 0.729 bits per heavy atom. The fourth-order valence-electron chi connectivity index (χ4n) is 11.1. The fraction of sp³-hybridized carbons (Fsp3) is 0.881. The minimum absolute atomic E-state index is 0.0196. The van der Waals surface area contributed by atoms with Crippen molar-refractivity contribution in [3.63, 3.8) is 0 Å². The SMILES string of the molecule is CC1=CCC(C)CC1.CC1=CCC(C)CC1.CC1CCC(C)CC1.CC1CCC(C)OC1.CC1CCC(C)OC1.CC1CCC(C)SC1.CC1CCC(C)SC1.CC1COC(C)OC1.CC1COC(C)OC1.CC1CSC(C)SC1.CC1CSC(C)SC1.Cc1ccc(C)cc1. The van der Waals surface area contributed by atoms with Crippen LogP contribution in [0.1, 0.15) is 279 Å². The Bertz CT molecular complexity index is 1510. The van der Waals surface area contributed by atoms with Crippen molar-refractivity contribution in [2.45, 2.75) is 326 Å². The molecule has 12 heteroatoms. The molecule has 3 aliphatic carbocycles. The Morgan fingerprint density at radius 1 is 0.260 bits per heavy atom. The highest BCUT2D eigenvalue weighted by atomic mass is 32.2. The number of hydrogen-bond donors (Lipinski definition) is 0. The zero-order valence-corrected chi connectivity index (χ0v) is 72.0. The molecule has 1 aromatic rings. The van der Waals surface area contributed by atoms with E-state index in [1.807, 2.05) is 13.8 Å². The summed E-state index contributed by atoms with van der Waals surface area (Å²) in [6, 6.07) is 8.48. The second-order valence-corrected chi connectivity index (χ2v) is 41.1. The molecular weight excluding hydrogens is 1300 g/mol. The van der Waals surface area contributed by atoms with Crippen molar-refractivity contribution in [2.24, 2.45) is 71.0 Å². The zero-order chi connectivity index (χ0) is 71.8. The maximum atomic E-state index is 5.39. The number of hydrogen-bond acceptors (Lipinski definition) is 12. The minimum atomic E-state index is 0.0196. The third-order valence-corrected chi connectivity index (χ3v) is 28.9. The summed E-state index contributed by atoms with van der Waals surface area (Å²) in [5.41, 5.74) is 5.83. The molecule has 0 amide bonds. The first kappa shape index (κ1) is 94.6. The quantitative estimate of drug-likeness (QED) is 0.233. The van der Waals surface area contributed by atoms with Crippen LogP contribution in [0.15, 0.2) is 47.6 Å². The fourth-order valence-corrected chi connectivity index (χ4v) is 18.2. The molecule has 1 aromatic carbocycles. The molecule has 96 heavy (non-hydrogen) atoms. The van der Waals surface area contributed by atoms with Crippen molar-refractivity contribution in [1.29, 1.82) is 0 Å². The standard InChI is InChI=1S/C8H16.2C8H14.C8H10.2C7H14O.2C7H14S.2C6H12O2.2C6H12S2/c4*1-7-3-5-8(2)6-4-7;4*1-6-3-4-7(2)8-5-6;4*1-5-3-7-6(2)8-4-5/h7-8H,3-6H2,1-2H3;2*3,8H,4-6H2,1-2H3;3-6H,1-2H3;4*6-7H,3-5H2,1-2H3;4*5-6H,3-4H2,1-2H3. The smallest absolute Gasteiger partial charge is 0.154 e. The topological polar surface area (TPSA) is 55.4 Å². The maximum Gasteiger partial charge on any atom is 0.154 e. The lowest BCUT2D eigenvalue weighted by Gasteiger charge is -2.24. The molecule has 1 saturated carbocycles. The van der Waals surface area contributed by atoms with Gasteiger partial charge in [0.2, 0.25) is 0 Å². The van der Waals surface area contributed by atoms with E-state index in [0.29, 0.717) is 24.0 Å². The Balaban J connectivity index is 0.000000524. The van der Waals surface area contributed by atoms with E-state index < -0.39 is 0 Å². The Labute approximate surface area is 624 Å². The molecule has 0 bridgehead atoms. The number of ether oxygens (including phenoxy) is 6. The number of allylic oxidation sites excluding steroid dienone is 4. The summed E-state index contributed by atoms with van der Waals surface area (Å²) in [7, 11) is 0. The third-order valence-electron chi connectivity index (χ3n) is 19.2. The monoisotopic (exact) mass is 1460 g/mol. The van der Waals surface area contributed by atoms with E-state index in [1.165, 1.54) is 161 Å². The van der Waals surface area contributed by atoms with Crippen molar-refractivity contribution in [2.75, 3.05) is 74.2 Å². The van der Waals surface area contributed by atoms with Gasteiger partial charge in [-0.3, -0.25) is 0 Å². The lowest BCUT2D eigenvalue weighted by molar-refractivity contribution is -0.187. The van der Waals surface area contributed by atoms with E-state index in [9.17, 15) is 0 Å². The van der Waals surface area contributed by atoms with Gasteiger partial charge in [-0.2, -0.15) is 23.5 Å². The molecule has 8 saturated heterocycles. The van der Waals surface area contributed by atoms with Crippen LogP contribution in [0.2, 0.25) is 0 Å². The van der Waals surface area contributed by atoms with Crippen molar-refractivity contribution in [1.82, 2.24) is 0 Å². The van der Waals surface area contributed by atoms with Crippen LogP contribution < -0.4 is 0 Å². The highest BCUT2D eigenvalue weighted by Crippen LogP contribution is 2.34. The molecule has 8 heterocycles. The first-order valence-corrected chi connectivity index (χ1v) is 45.5. The molecule has 10 atom stereocenters. The molecule has 6 nitrogen and oxygen atoms in total. The minimum Gasteiger partial charge on any atom is -0.378 e. The van der Waals surface area contributed by atoms with E-state index in [4.69, 9.17) is 28.4 Å². The normalized spacial score (nSPS) is 35.5. The van der Waals surface area contributed by atoms with Crippen LogP contribution in [-0.4, -0.2) is 119 Å². The molecule has 9 fully saturated rings. The highest BCUT2D eigenvalue weighted by Gasteiger charge is 2.20. The van der Waals surface area contributed by atoms with Gasteiger partial charge in [-0.15, -0.1) is 47.0 Å². The van der Waals surface area contributed by atoms with Gasteiger partial charge in [-0.1, -0.05) is 181 Å². The van der Waals surface area contributed by atoms with Gasteiger partial charge in [0.05, 0.1) is 38.6 Å². The number of aryl methyl sites for hydroxylation is 2. The van der Waals surface area contributed by atoms with E-state index >= 15 is 0 Å². The number of rotatable bonds is 0. The molecule has 0 N–H and O–H groups in total. The third kappa shape index (κ3) is 56.9. The van der Waals surface area contributed by atoms with Crippen LogP contribution in [0.3, 0.4) is 0 Å². The van der Waals surface area contributed by atoms with Gasteiger partial charge in [-0.25, -0.2) is 0 Å². The predicted molar refractivity (Wildman–Crippen MR) is 443 cm³/mol. The van der Waals surface area contributed by atoms with Crippen LogP contribution in [0.4, 0.5) is 0 Å². The van der Waals surface area contributed by atoms with E-state index in [-0.39, 0.29) is 12.6 Å². The number of benzene rings is 1. The van der Waals surface area contributed by atoms with Crippen molar-refractivity contribution in [3.05, 3.63) is 58.7 Å². The van der Waals surface area contributed by atoms with E-state index in [2.05, 4.69) is 259 Å². The van der Waals surface area contributed by atoms with Gasteiger partial charge in [0.15, 0.2) is 12.6 Å². The average Bonchev–Trinajstić information content (AvgIpc) is 3.67. The van der Waals surface area contributed by atoms with Crippen LogP contribution in [0.5, 0.6) is 0 Å². The van der Waals surface area contributed by atoms with Gasteiger partial charge < -0.3 is 28.4 Å². The van der Waals surface area contributed by atoms with Crippen LogP contribution in [0, 0.1) is 84.9 Å². The summed E-state index contributed by atoms with van der Waals surface area (Å²) >= 11 is 12.6. The second-order valence-electron chi connectivity index (χ2n) is 32.0. The first-order chi connectivity index (χ1) is 45.5. The largest absolute Gasteiger partial charge is 0.378 e. The molecule has 0 radical (unpaired) electrons. The van der Waals surface area contributed by atoms with E-state index in [0.717, 1.165) is 118 Å². The second kappa shape index (κ2) is 58.8. The number of thioether (sulfide) groups is 6. The maximum absolute atomic E-state index is 5.39. The molecule has 11 aliphatic rings. The summed E-state index contributed by atoms with van der Waals surface area (Å²) in [6.45, 7) is 58.8. The van der Waals surface area contributed by atoms with Gasteiger partial charge in [0, 0.05) is 44.7 Å². The van der Waals surface area contributed by atoms with Crippen molar-refractivity contribution < 1.29 is 28.4 Å². The molecule has 566 valence electrons. The van der Waals surface area contributed by atoms with Gasteiger partial charge in [-0.05, 0) is 253 Å². The summed E-state index contributed by atoms with van der Waals surface area (Å²) in [5.74, 6) is 18.8. The van der Waals surface area contributed by atoms with Crippen LogP contribution in [-0.2, 0) is 28.4 Å². The van der Waals surface area contributed by atoms with Crippen molar-refractivity contribution >= 4 is 70.6 Å². The zero-order valence-electron chi connectivity index (χ0n) is 67.1. The van der Waals surface area contributed by atoms with E-state index in [1.54, 1.807) is 11.1 Å². The highest BCUT2D eigenvalue weighted by molar-refractivity contribution is 8.17. The Hall–Kier alpha value is 0.560. The molecule has 12 rings (SSSR count). The average molecular weight is 1460 g/mol. The molecule has 10 unspecified atom stereocenters. The summed E-state index contributed by atoms with van der Waals surface area (Å²) in [5, 5.41) is 1.87. The molecule has 8 aliphatic heterocycles. The van der Waals surface area contributed by atoms with Crippen LogP contribution in [0.25, 0.3) is 0 Å². The van der Waals surface area contributed by atoms with Gasteiger partial charge >= 0.3 is 0 Å². The Kier molecular flexibility index (Phi) is 57.9. The van der Waals surface area contributed by atoms with Crippen molar-refractivity contribution in [3.8, 4) is 0 Å². The van der Waals surface area contributed by atoms with Gasteiger partial charge in [0.1, 0.15) is 0 Å². The summed E-state index contributed by atoms with van der Waals surface area (Å²) in [6.07, 6.45) is 30.8. The molecule has 0 aromatic heterocycles. The lowest BCUT2D eigenvalue weighted by Crippen LogP contribution is -2.27. The Morgan fingerprint density at radius 2 is 0.531 bits per heavy atom. The predicted octanol–water partition coefficient (Wildman–Crippen LogP) is 26.3. The van der Waals surface area contributed by atoms with Gasteiger partial charge in [0.25, 0.3) is 0 Å². The molecular formula is C84H158O6S6. The molecule has 0 spiro atoms. The summed E-state index contributed by atoms with van der Waals surface area (Å²) < 4.78 is 33.2. The lowest BCUT2D eigenvalue weighted by atomic mass is 9.84. The summed E-state index contributed by atoms with van der Waals surface area (Å²) in [4.78, 5) is 0. The first-order valence-electron chi connectivity index (χ1n) is 39.2. The van der Waals surface area contributed by atoms with Crippen LogP contribution >= 0.6 is 70.6 Å².